The zero-order chi connectivity index (χ0) is 18.1. The molecule has 3 atom stereocenters. The molecule has 26 heavy (non-hydrogen) atoms. The van der Waals surface area contributed by atoms with Crippen LogP contribution in [0.15, 0.2) is 54.6 Å². The van der Waals surface area contributed by atoms with Crippen LogP contribution in [0.2, 0.25) is 0 Å². The first-order valence-electron chi connectivity index (χ1n) is 9.25. The standard InChI is InChI=1S/C22H23NO3/c1-15-11-17(20-10-6-5-9-19(15)20)13-21(24)23-18(14-26-22(23)25)12-16-7-3-2-4-8-16/h2-10,15,17-18H,11-14H2,1H3/t15-,17+,18?/m0/s1. The average molecular weight is 349 g/mol. The van der Waals surface area contributed by atoms with Gasteiger partial charge in [0, 0.05) is 6.42 Å². The molecule has 1 unspecified atom stereocenters. The van der Waals surface area contributed by atoms with E-state index in [0.717, 1.165) is 12.0 Å². The van der Waals surface area contributed by atoms with Crippen LogP contribution in [0.1, 0.15) is 48.3 Å². The maximum absolute atomic E-state index is 13.0. The smallest absolute Gasteiger partial charge is 0.416 e. The van der Waals surface area contributed by atoms with Crippen LogP contribution >= 0.6 is 0 Å². The van der Waals surface area contributed by atoms with E-state index in [1.165, 1.54) is 16.0 Å². The van der Waals surface area contributed by atoms with Gasteiger partial charge in [-0.1, -0.05) is 61.5 Å². The number of cyclic esters (lactones) is 1. The number of hydrogen-bond donors (Lipinski definition) is 0. The predicted octanol–water partition coefficient (Wildman–Crippen LogP) is 4.26. The van der Waals surface area contributed by atoms with Crippen LogP contribution < -0.4 is 0 Å². The van der Waals surface area contributed by atoms with E-state index >= 15 is 0 Å². The molecule has 2 aromatic rings. The van der Waals surface area contributed by atoms with Gasteiger partial charge in [0.25, 0.3) is 0 Å². The Kier molecular flexibility index (Phi) is 4.49. The van der Waals surface area contributed by atoms with Gasteiger partial charge < -0.3 is 4.74 Å². The van der Waals surface area contributed by atoms with Gasteiger partial charge in [0.1, 0.15) is 6.61 Å². The van der Waals surface area contributed by atoms with Crippen LogP contribution in [0.25, 0.3) is 0 Å². The number of hydrogen-bond acceptors (Lipinski definition) is 3. The Balaban J connectivity index is 1.49. The van der Waals surface area contributed by atoms with E-state index in [1.807, 2.05) is 42.5 Å². The van der Waals surface area contributed by atoms with Gasteiger partial charge in [-0.05, 0) is 41.4 Å². The average Bonchev–Trinajstić information content (AvgIpc) is 3.16. The largest absolute Gasteiger partial charge is 0.447 e. The van der Waals surface area contributed by atoms with Crippen LogP contribution in [0.4, 0.5) is 4.79 Å². The van der Waals surface area contributed by atoms with Gasteiger partial charge >= 0.3 is 6.09 Å². The number of amides is 2. The van der Waals surface area contributed by atoms with Gasteiger partial charge in [-0.3, -0.25) is 4.79 Å². The number of nitrogens with zero attached hydrogens (tertiary/aromatic N) is 1. The first-order valence-corrected chi connectivity index (χ1v) is 9.25. The summed E-state index contributed by atoms with van der Waals surface area (Å²) < 4.78 is 5.19. The summed E-state index contributed by atoms with van der Waals surface area (Å²) >= 11 is 0. The van der Waals surface area contributed by atoms with Crippen molar-refractivity contribution < 1.29 is 14.3 Å². The zero-order valence-corrected chi connectivity index (χ0v) is 14.9. The Labute approximate surface area is 153 Å². The highest BCUT2D eigenvalue weighted by molar-refractivity contribution is 5.94. The highest BCUT2D eigenvalue weighted by Gasteiger charge is 2.40. The van der Waals surface area contributed by atoms with E-state index in [1.54, 1.807) is 0 Å². The lowest BCUT2D eigenvalue weighted by Crippen LogP contribution is -2.40. The minimum Gasteiger partial charge on any atom is -0.447 e. The quantitative estimate of drug-likeness (QED) is 0.829. The molecular formula is C22H23NO3. The molecule has 1 heterocycles. The van der Waals surface area contributed by atoms with Crippen LogP contribution in [0.5, 0.6) is 0 Å². The molecule has 0 radical (unpaired) electrons. The van der Waals surface area contributed by atoms with Crippen molar-refractivity contribution >= 4 is 12.0 Å². The molecule has 4 rings (SSSR count). The van der Waals surface area contributed by atoms with Gasteiger partial charge in [-0.25, -0.2) is 9.69 Å². The lowest BCUT2D eigenvalue weighted by molar-refractivity contribution is -0.129. The van der Waals surface area contributed by atoms with Crippen molar-refractivity contribution in [2.24, 2.45) is 0 Å². The summed E-state index contributed by atoms with van der Waals surface area (Å²) in [6, 6.07) is 18.0. The van der Waals surface area contributed by atoms with Crippen LogP contribution in [-0.4, -0.2) is 29.5 Å². The molecule has 0 spiro atoms. The summed E-state index contributed by atoms with van der Waals surface area (Å²) in [5.74, 6) is 0.511. The van der Waals surface area contributed by atoms with Crippen molar-refractivity contribution in [2.75, 3.05) is 6.61 Å². The third kappa shape index (κ3) is 3.12. The van der Waals surface area contributed by atoms with Crippen molar-refractivity contribution in [1.29, 1.82) is 0 Å². The molecule has 2 aromatic carbocycles. The molecule has 4 nitrogen and oxygen atoms in total. The van der Waals surface area contributed by atoms with Crippen molar-refractivity contribution in [3.63, 3.8) is 0 Å². The SMILES string of the molecule is C[C@H]1C[C@H](CC(=O)N2C(=O)OCC2Cc2ccccc2)c2ccccc21. The van der Waals surface area contributed by atoms with Gasteiger partial charge in [-0.15, -0.1) is 0 Å². The topological polar surface area (TPSA) is 46.6 Å². The molecule has 1 aliphatic heterocycles. The number of carbonyl (C=O) groups is 2. The van der Waals surface area contributed by atoms with Crippen molar-refractivity contribution in [2.45, 2.75) is 44.1 Å². The van der Waals surface area contributed by atoms with E-state index in [0.29, 0.717) is 18.8 Å². The second kappa shape index (κ2) is 6.94. The monoisotopic (exact) mass is 349 g/mol. The Morgan fingerprint density at radius 1 is 1.08 bits per heavy atom. The lowest BCUT2D eigenvalue weighted by Gasteiger charge is -2.21. The molecule has 2 amide bonds. The Bertz CT molecular complexity index is 817. The molecular weight excluding hydrogens is 326 g/mol. The zero-order valence-electron chi connectivity index (χ0n) is 14.9. The highest BCUT2D eigenvalue weighted by atomic mass is 16.6. The second-order valence-electron chi connectivity index (χ2n) is 7.35. The number of rotatable bonds is 4. The molecule has 0 aromatic heterocycles. The van der Waals surface area contributed by atoms with E-state index < -0.39 is 6.09 Å². The maximum Gasteiger partial charge on any atom is 0.416 e. The molecule has 2 aliphatic rings. The third-order valence-electron chi connectivity index (χ3n) is 5.57. The molecule has 0 bridgehead atoms. The van der Waals surface area contributed by atoms with E-state index in [9.17, 15) is 9.59 Å². The molecule has 134 valence electrons. The molecule has 4 heteroatoms. The third-order valence-corrected chi connectivity index (χ3v) is 5.57. The Morgan fingerprint density at radius 3 is 2.54 bits per heavy atom. The fourth-order valence-corrected chi connectivity index (χ4v) is 4.32. The van der Waals surface area contributed by atoms with E-state index in [2.05, 4.69) is 19.1 Å². The number of fused-ring (bicyclic) bond motifs is 1. The van der Waals surface area contributed by atoms with Crippen molar-refractivity contribution in [3.05, 3.63) is 71.3 Å². The number of imide groups is 1. The van der Waals surface area contributed by atoms with Crippen molar-refractivity contribution in [3.8, 4) is 0 Å². The molecule has 1 aliphatic carbocycles. The number of carbonyl (C=O) groups excluding carboxylic acids is 2. The van der Waals surface area contributed by atoms with E-state index in [4.69, 9.17) is 4.74 Å². The van der Waals surface area contributed by atoms with Crippen LogP contribution in [0.3, 0.4) is 0 Å². The second-order valence-corrected chi connectivity index (χ2v) is 7.35. The minimum atomic E-state index is -0.504. The molecule has 1 saturated heterocycles. The summed E-state index contributed by atoms with van der Waals surface area (Å²) in [4.78, 5) is 26.5. The number of ether oxygens (including phenoxy) is 1. The fourth-order valence-electron chi connectivity index (χ4n) is 4.32. The van der Waals surface area contributed by atoms with E-state index in [-0.39, 0.29) is 24.5 Å². The molecule has 0 saturated carbocycles. The van der Waals surface area contributed by atoms with Crippen LogP contribution in [0, 0.1) is 0 Å². The van der Waals surface area contributed by atoms with Gasteiger partial charge in [0.15, 0.2) is 0 Å². The van der Waals surface area contributed by atoms with Crippen molar-refractivity contribution in [1.82, 2.24) is 4.90 Å². The van der Waals surface area contributed by atoms with Crippen LogP contribution in [-0.2, 0) is 16.0 Å². The maximum atomic E-state index is 13.0. The first kappa shape index (κ1) is 16.8. The Hall–Kier alpha value is -2.62. The summed E-state index contributed by atoms with van der Waals surface area (Å²) in [7, 11) is 0. The van der Waals surface area contributed by atoms with Gasteiger partial charge in [0.2, 0.25) is 5.91 Å². The minimum absolute atomic E-state index is 0.123. The summed E-state index contributed by atoms with van der Waals surface area (Å²) in [5.41, 5.74) is 3.68. The lowest BCUT2D eigenvalue weighted by atomic mass is 9.96. The molecule has 0 N–H and O–H groups in total. The molecule has 1 fully saturated rings. The Morgan fingerprint density at radius 2 is 1.77 bits per heavy atom. The van der Waals surface area contributed by atoms with Gasteiger partial charge in [-0.2, -0.15) is 0 Å². The predicted molar refractivity (Wildman–Crippen MR) is 99.0 cm³/mol. The van der Waals surface area contributed by atoms with Gasteiger partial charge in [0.05, 0.1) is 6.04 Å². The first-order chi connectivity index (χ1) is 12.6. The number of benzene rings is 2. The highest BCUT2D eigenvalue weighted by Crippen LogP contribution is 2.43. The summed E-state index contributed by atoms with van der Waals surface area (Å²) in [6.45, 7) is 2.47. The normalized spacial score (nSPS) is 24.4. The summed E-state index contributed by atoms with van der Waals surface area (Å²) in [5, 5.41) is 0. The summed E-state index contributed by atoms with van der Waals surface area (Å²) in [6.07, 6.45) is 1.45. The fraction of sp³-hybridized carbons (Fsp3) is 0.364.